The molecule has 41 heavy (non-hydrogen) atoms. The van der Waals surface area contributed by atoms with Crippen LogP contribution in [0, 0.1) is 46.8 Å². The van der Waals surface area contributed by atoms with Crippen LogP contribution in [0.2, 0.25) is 0 Å². The molecular formula is C34H53N2O5+. The van der Waals surface area contributed by atoms with Gasteiger partial charge in [0.25, 0.3) is 0 Å². The third-order valence-corrected chi connectivity index (χ3v) is 13.3. The standard InChI is InChI=1S/C34H53N2O5/c1-6-15-36(16-7-8-17-36)30-21-28-26-10-9-25-20-31(40-23(2)37)29(35-13-18-39-19-14-35)22-34(25,5)27(26)11-12-33(28,4)32(30)41-24(3)38/h1,25-32H,7-22H2,2-5H3/q+1/t25?,26-,27-,28+,29?,30?,31?,32?,33+,34+/m1/s1. The Hall–Kier alpha value is -1.62. The maximum Gasteiger partial charge on any atom is 0.303 e. The van der Waals surface area contributed by atoms with Crippen molar-refractivity contribution in [2.45, 2.75) is 110 Å². The maximum atomic E-state index is 12.5. The summed E-state index contributed by atoms with van der Waals surface area (Å²) in [7, 11) is 0. The van der Waals surface area contributed by atoms with Crippen molar-refractivity contribution >= 4 is 11.9 Å². The highest BCUT2D eigenvalue weighted by molar-refractivity contribution is 5.66. The van der Waals surface area contributed by atoms with Crippen LogP contribution in [0.3, 0.4) is 0 Å². The molecule has 2 saturated heterocycles. The minimum atomic E-state index is -0.154. The van der Waals surface area contributed by atoms with Gasteiger partial charge in [0.05, 0.1) is 26.3 Å². The second-order valence-corrected chi connectivity index (χ2v) is 15.1. The molecule has 228 valence electrons. The number of quaternary nitrogens is 1. The predicted molar refractivity (Wildman–Crippen MR) is 156 cm³/mol. The smallest absolute Gasteiger partial charge is 0.303 e. The van der Waals surface area contributed by atoms with Gasteiger partial charge in [-0.3, -0.25) is 14.5 Å². The third kappa shape index (κ3) is 4.94. The molecule has 6 fully saturated rings. The average Bonchev–Trinajstić information content (AvgIpc) is 3.52. The Bertz CT molecular complexity index is 1040. The number of hydrogen-bond donors (Lipinski definition) is 0. The molecule has 0 aromatic rings. The van der Waals surface area contributed by atoms with Crippen LogP contribution in [0.25, 0.3) is 0 Å². The molecule has 6 aliphatic rings. The maximum absolute atomic E-state index is 12.5. The molecule has 0 N–H and O–H groups in total. The number of fused-ring (bicyclic) bond motifs is 5. The highest BCUT2D eigenvalue weighted by Crippen LogP contribution is 2.67. The number of likely N-dealkylation sites (tertiary alicyclic amines) is 1. The van der Waals surface area contributed by atoms with Crippen LogP contribution in [0.4, 0.5) is 0 Å². The van der Waals surface area contributed by atoms with Gasteiger partial charge in [-0.25, -0.2) is 0 Å². The number of morpholine rings is 1. The molecule has 4 aliphatic carbocycles. The molecule has 4 saturated carbocycles. The predicted octanol–water partition coefficient (Wildman–Crippen LogP) is 4.43. The summed E-state index contributed by atoms with van der Waals surface area (Å²) in [6.07, 6.45) is 16.3. The summed E-state index contributed by atoms with van der Waals surface area (Å²) in [5.74, 6) is 5.15. The van der Waals surface area contributed by atoms with Gasteiger partial charge in [-0.2, -0.15) is 0 Å². The van der Waals surface area contributed by atoms with Gasteiger partial charge in [0.15, 0.2) is 6.10 Å². The number of ether oxygens (including phenoxy) is 3. The van der Waals surface area contributed by atoms with Gasteiger partial charge in [-0.05, 0) is 73.5 Å². The molecular weight excluding hydrogens is 516 g/mol. The lowest BCUT2D eigenvalue weighted by molar-refractivity contribution is -0.936. The van der Waals surface area contributed by atoms with Crippen molar-refractivity contribution in [1.29, 1.82) is 0 Å². The number of rotatable bonds is 5. The zero-order chi connectivity index (χ0) is 29.0. The first kappa shape index (κ1) is 29.5. The minimum Gasteiger partial charge on any atom is -0.461 e. The summed E-state index contributed by atoms with van der Waals surface area (Å²) in [4.78, 5) is 27.3. The summed E-state index contributed by atoms with van der Waals surface area (Å²) in [6, 6.07) is 0.563. The fourth-order valence-electron chi connectivity index (χ4n) is 11.5. The fourth-order valence-corrected chi connectivity index (χ4v) is 11.5. The van der Waals surface area contributed by atoms with Gasteiger partial charge in [0.1, 0.15) is 18.7 Å². The Balaban J connectivity index is 1.30. The summed E-state index contributed by atoms with van der Waals surface area (Å²) in [5.41, 5.74) is 0.222. The first-order valence-electron chi connectivity index (χ1n) is 16.6. The second kappa shape index (κ2) is 11.1. The normalized spacial score (nSPS) is 45.5. The summed E-state index contributed by atoms with van der Waals surface area (Å²) < 4.78 is 19.0. The second-order valence-electron chi connectivity index (χ2n) is 15.1. The van der Waals surface area contributed by atoms with E-state index in [9.17, 15) is 9.59 Å². The zero-order valence-corrected chi connectivity index (χ0v) is 25.9. The molecule has 0 radical (unpaired) electrons. The first-order chi connectivity index (χ1) is 19.6. The van der Waals surface area contributed by atoms with Crippen molar-refractivity contribution in [1.82, 2.24) is 4.90 Å². The van der Waals surface area contributed by atoms with Crippen LogP contribution in [-0.2, 0) is 23.8 Å². The van der Waals surface area contributed by atoms with Crippen molar-refractivity contribution in [2.75, 3.05) is 45.9 Å². The van der Waals surface area contributed by atoms with E-state index in [1.54, 1.807) is 13.8 Å². The number of terminal acetylenes is 1. The Labute approximate surface area is 247 Å². The molecule has 5 unspecified atom stereocenters. The molecule has 2 aliphatic heterocycles. The lowest BCUT2D eigenvalue weighted by atomic mass is 9.44. The van der Waals surface area contributed by atoms with E-state index in [1.807, 2.05) is 0 Å². The molecule has 0 aromatic heterocycles. The Kier molecular flexibility index (Phi) is 8.00. The average molecular weight is 570 g/mol. The van der Waals surface area contributed by atoms with Crippen LogP contribution < -0.4 is 0 Å². The van der Waals surface area contributed by atoms with Gasteiger partial charge in [-0.1, -0.05) is 13.8 Å². The summed E-state index contributed by atoms with van der Waals surface area (Å²) >= 11 is 0. The van der Waals surface area contributed by atoms with Gasteiger partial charge in [0, 0.05) is 57.7 Å². The molecule has 0 aromatic carbocycles. The van der Waals surface area contributed by atoms with Crippen LogP contribution in [0.5, 0.6) is 0 Å². The highest BCUT2D eigenvalue weighted by atomic mass is 16.5. The van der Waals surface area contributed by atoms with Gasteiger partial charge in [0.2, 0.25) is 0 Å². The first-order valence-corrected chi connectivity index (χ1v) is 16.6. The van der Waals surface area contributed by atoms with Crippen LogP contribution in [-0.4, -0.2) is 91.6 Å². The Morgan fingerprint density at radius 1 is 0.976 bits per heavy atom. The lowest BCUT2D eigenvalue weighted by Gasteiger charge is -2.62. The van der Waals surface area contributed by atoms with Crippen molar-refractivity contribution in [3.8, 4) is 12.3 Å². The Morgan fingerprint density at radius 3 is 2.34 bits per heavy atom. The number of hydrogen-bond acceptors (Lipinski definition) is 6. The summed E-state index contributed by atoms with van der Waals surface area (Å²) in [5, 5.41) is 0. The van der Waals surface area contributed by atoms with E-state index in [4.69, 9.17) is 20.6 Å². The number of nitrogens with zero attached hydrogens (tertiary/aromatic N) is 2. The van der Waals surface area contributed by atoms with E-state index >= 15 is 0 Å². The largest absolute Gasteiger partial charge is 0.461 e. The van der Waals surface area contributed by atoms with Crippen molar-refractivity contribution < 1.29 is 28.3 Å². The van der Waals surface area contributed by atoms with Crippen LogP contribution in [0.15, 0.2) is 0 Å². The molecule has 7 nitrogen and oxygen atoms in total. The van der Waals surface area contributed by atoms with E-state index in [1.165, 1.54) is 32.1 Å². The molecule has 0 bridgehead atoms. The number of carbonyl (C=O) groups is 2. The van der Waals surface area contributed by atoms with Crippen LogP contribution in [0.1, 0.15) is 85.5 Å². The highest BCUT2D eigenvalue weighted by Gasteiger charge is 2.68. The number of carbonyl (C=O) groups excluding carboxylic acids is 2. The van der Waals surface area contributed by atoms with Crippen molar-refractivity contribution in [2.24, 2.45) is 34.5 Å². The molecule has 6 rings (SSSR count). The van der Waals surface area contributed by atoms with E-state index < -0.39 is 0 Å². The van der Waals surface area contributed by atoms with E-state index in [0.717, 1.165) is 76.1 Å². The van der Waals surface area contributed by atoms with Gasteiger partial charge >= 0.3 is 11.9 Å². The molecule has 7 heteroatoms. The van der Waals surface area contributed by atoms with Gasteiger partial charge < -0.3 is 18.7 Å². The monoisotopic (exact) mass is 569 g/mol. The quantitative estimate of drug-likeness (QED) is 0.277. The van der Waals surface area contributed by atoms with E-state index in [0.29, 0.717) is 29.7 Å². The van der Waals surface area contributed by atoms with Gasteiger partial charge in [-0.15, -0.1) is 6.42 Å². The van der Waals surface area contributed by atoms with Crippen molar-refractivity contribution in [3.63, 3.8) is 0 Å². The van der Waals surface area contributed by atoms with Crippen molar-refractivity contribution in [3.05, 3.63) is 0 Å². The Morgan fingerprint density at radius 2 is 1.68 bits per heavy atom. The molecule has 2 heterocycles. The number of esters is 2. The van der Waals surface area contributed by atoms with Crippen LogP contribution >= 0.6 is 0 Å². The van der Waals surface area contributed by atoms with E-state index in [2.05, 4.69) is 24.7 Å². The molecule has 0 spiro atoms. The zero-order valence-electron chi connectivity index (χ0n) is 25.9. The minimum absolute atomic E-state index is 0.00168. The SMILES string of the molecule is C#CC[N+]1(C2C[C@H]3[C@@H]4CCC5CC(OC(C)=O)C(N6CCOCC6)C[C@]5(C)[C@@H]4CC[C@]3(C)C2OC(C)=O)CCCC1. The fraction of sp³-hybridized carbons (Fsp3) is 0.882. The lowest BCUT2D eigenvalue weighted by Crippen LogP contribution is -2.62. The molecule has 0 amide bonds. The molecule has 10 atom stereocenters. The van der Waals surface area contributed by atoms with E-state index in [-0.39, 0.29) is 41.0 Å². The third-order valence-electron chi connectivity index (χ3n) is 13.3. The summed E-state index contributed by atoms with van der Waals surface area (Å²) in [6.45, 7) is 14.5. The topological polar surface area (TPSA) is 65.1 Å².